The number of aromatic nitrogens is 5. The maximum atomic E-state index is 12.2. The van der Waals surface area contributed by atoms with Gasteiger partial charge in [-0.25, -0.2) is 24.5 Å². The van der Waals surface area contributed by atoms with Gasteiger partial charge in [0.25, 0.3) is 0 Å². The fourth-order valence-electron chi connectivity index (χ4n) is 5.80. The van der Waals surface area contributed by atoms with Crippen molar-refractivity contribution in [2.24, 2.45) is 0 Å². The molecule has 47 heavy (non-hydrogen) atoms. The van der Waals surface area contributed by atoms with Crippen molar-refractivity contribution in [3.8, 4) is 11.3 Å². The zero-order valence-electron chi connectivity index (χ0n) is 27.4. The Labute approximate surface area is 274 Å². The third-order valence-corrected chi connectivity index (χ3v) is 8.10. The molecule has 0 spiro atoms. The number of hydrogen-bond acceptors (Lipinski definition) is 11. The summed E-state index contributed by atoms with van der Waals surface area (Å²) in [5.74, 6) is 0.877. The van der Waals surface area contributed by atoms with Gasteiger partial charge in [-0.15, -0.1) is 0 Å². The van der Waals surface area contributed by atoms with E-state index in [0.717, 1.165) is 62.3 Å². The quantitative estimate of drug-likeness (QED) is 0.218. The van der Waals surface area contributed by atoms with E-state index in [4.69, 9.17) is 34.1 Å². The van der Waals surface area contributed by atoms with Gasteiger partial charge in [-0.1, -0.05) is 0 Å². The van der Waals surface area contributed by atoms with Gasteiger partial charge in [0.2, 0.25) is 5.95 Å². The molecule has 1 amide bonds. The maximum Gasteiger partial charge on any atom is 0.407 e. The van der Waals surface area contributed by atoms with Crippen molar-refractivity contribution in [3.05, 3.63) is 54.5 Å². The van der Waals surface area contributed by atoms with E-state index >= 15 is 0 Å². The number of hydrogen-bond donors (Lipinski definition) is 2. The molecule has 2 N–H and O–H groups in total. The van der Waals surface area contributed by atoms with E-state index in [1.54, 1.807) is 37.5 Å². The average Bonchev–Trinajstić information content (AvgIpc) is 3.49. The molecule has 0 saturated carbocycles. The van der Waals surface area contributed by atoms with Gasteiger partial charge in [0.15, 0.2) is 5.65 Å². The molecule has 2 aliphatic heterocycles. The lowest BCUT2D eigenvalue weighted by Crippen LogP contribution is -2.46. The van der Waals surface area contributed by atoms with Crippen LogP contribution in [0.15, 0.2) is 48.9 Å². The Morgan fingerprint density at radius 2 is 1.79 bits per heavy atom. The van der Waals surface area contributed by atoms with Gasteiger partial charge in [0.1, 0.15) is 28.9 Å². The lowest BCUT2D eigenvalue weighted by atomic mass is 10.1. The normalized spacial score (nSPS) is 17.4. The van der Waals surface area contributed by atoms with Crippen LogP contribution in [0.4, 0.5) is 22.2 Å². The Balaban J connectivity index is 1.22. The molecule has 2 saturated heterocycles. The Bertz CT molecular complexity index is 1690. The van der Waals surface area contributed by atoms with E-state index in [1.807, 2.05) is 43.7 Å². The summed E-state index contributed by atoms with van der Waals surface area (Å²) in [7, 11) is 0. The number of esters is 1. The number of amides is 1. The minimum Gasteiger partial charge on any atom is -0.462 e. The maximum absolute atomic E-state index is 12.2. The van der Waals surface area contributed by atoms with Crippen LogP contribution >= 0.6 is 0 Å². The second kappa shape index (κ2) is 13.9. The van der Waals surface area contributed by atoms with Gasteiger partial charge in [-0.2, -0.15) is 4.98 Å². The summed E-state index contributed by atoms with van der Waals surface area (Å²) in [6.45, 7) is 9.89. The summed E-state index contributed by atoms with van der Waals surface area (Å²) >= 11 is 0. The molecule has 4 aromatic rings. The van der Waals surface area contributed by atoms with Gasteiger partial charge in [-0.05, 0) is 96.2 Å². The number of nitrogens with zero attached hydrogens (tertiary/aromatic N) is 6. The van der Waals surface area contributed by atoms with E-state index in [0.29, 0.717) is 41.6 Å². The molecule has 2 fully saturated rings. The van der Waals surface area contributed by atoms with Crippen LogP contribution in [0.3, 0.4) is 0 Å². The number of imidazole rings is 1. The van der Waals surface area contributed by atoms with E-state index in [2.05, 4.69) is 15.5 Å². The highest BCUT2D eigenvalue weighted by Gasteiger charge is 2.25. The predicted molar refractivity (Wildman–Crippen MR) is 178 cm³/mol. The van der Waals surface area contributed by atoms with Crippen LogP contribution in [0, 0.1) is 0 Å². The molecule has 2 aliphatic rings. The number of anilines is 3. The van der Waals surface area contributed by atoms with Crippen molar-refractivity contribution in [1.82, 2.24) is 29.8 Å². The van der Waals surface area contributed by atoms with Gasteiger partial charge >= 0.3 is 12.1 Å². The highest BCUT2D eigenvalue weighted by molar-refractivity contribution is 5.90. The molecule has 5 heterocycles. The standard InChI is InChI=1S/C34H42N8O5/c1-5-45-31(43)22-9-12-24(13-10-22)37-32-39-28(29-30(40-32)42(21-36-29)27-8-6-7-19-46-27)23-11-14-26(35-20-23)41-17-15-25(16-18-41)38-33(44)47-34(2,3)4/h9-14,20-21,25,27H,5-8,15-19H2,1-4H3,(H,38,44)(H,37,39,40). The first-order chi connectivity index (χ1) is 22.7. The molecule has 3 aromatic heterocycles. The molecule has 6 rings (SSSR count). The van der Waals surface area contributed by atoms with Gasteiger partial charge in [-0.3, -0.25) is 4.57 Å². The van der Waals surface area contributed by atoms with Crippen LogP contribution in [0.5, 0.6) is 0 Å². The van der Waals surface area contributed by atoms with Gasteiger partial charge < -0.3 is 29.7 Å². The summed E-state index contributed by atoms with van der Waals surface area (Å²) in [5.41, 5.74) is 3.44. The van der Waals surface area contributed by atoms with Gasteiger partial charge in [0.05, 0.1) is 18.5 Å². The van der Waals surface area contributed by atoms with Crippen LogP contribution in [-0.2, 0) is 14.2 Å². The smallest absolute Gasteiger partial charge is 0.407 e. The number of alkyl carbamates (subject to hydrolysis) is 1. The number of benzene rings is 1. The van der Waals surface area contributed by atoms with E-state index in [-0.39, 0.29) is 24.3 Å². The molecule has 1 unspecified atom stereocenters. The first-order valence-corrected chi connectivity index (χ1v) is 16.3. The Morgan fingerprint density at radius 1 is 1.00 bits per heavy atom. The minimum absolute atomic E-state index is 0.0604. The van der Waals surface area contributed by atoms with Crippen LogP contribution in [0.25, 0.3) is 22.4 Å². The third-order valence-electron chi connectivity index (χ3n) is 8.10. The first-order valence-electron chi connectivity index (χ1n) is 16.3. The lowest BCUT2D eigenvalue weighted by Gasteiger charge is -2.33. The van der Waals surface area contributed by atoms with E-state index in [1.165, 1.54) is 0 Å². The second-order valence-electron chi connectivity index (χ2n) is 12.8. The van der Waals surface area contributed by atoms with Crippen molar-refractivity contribution in [3.63, 3.8) is 0 Å². The Morgan fingerprint density at radius 3 is 2.45 bits per heavy atom. The van der Waals surface area contributed by atoms with E-state index in [9.17, 15) is 9.59 Å². The molecular weight excluding hydrogens is 600 g/mol. The zero-order chi connectivity index (χ0) is 33.0. The molecule has 248 valence electrons. The topological polar surface area (TPSA) is 146 Å². The zero-order valence-corrected chi connectivity index (χ0v) is 27.4. The third kappa shape index (κ3) is 7.79. The number of nitrogens with one attached hydrogen (secondary N) is 2. The summed E-state index contributed by atoms with van der Waals surface area (Å²) < 4.78 is 18.6. The SMILES string of the molecule is CCOC(=O)c1ccc(Nc2nc(-c3ccc(N4CCC(NC(=O)OC(C)(C)C)CC4)nc3)c3ncn(C4CCCCO4)c3n2)cc1. The largest absolute Gasteiger partial charge is 0.462 e. The average molecular weight is 643 g/mol. The van der Waals surface area contributed by atoms with Gasteiger partial charge in [0, 0.05) is 43.2 Å². The summed E-state index contributed by atoms with van der Waals surface area (Å²) in [4.78, 5) is 45.8. The van der Waals surface area contributed by atoms with Crippen molar-refractivity contribution >= 4 is 40.7 Å². The predicted octanol–water partition coefficient (Wildman–Crippen LogP) is 6.00. The summed E-state index contributed by atoms with van der Waals surface area (Å²) in [6, 6.07) is 11.1. The number of rotatable bonds is 8. The van der Waals surface area contributed by atoms with Crippen molar-refractivity contribution in [2.75, 3.05) is 36.5 Å². The molecule has 0 radical (unpaired) electrons. The van der Waals surface area contributed by atoms with Crippen molar-refractivity contribution in [1.29, 1.82) is 0 Å². The van der Waals surface area contributed by atoms with Crippen molar-refractivity contribution < 1.29 is 23.8 Å². The fraction of sp³-hybridized carbons (Fsp3) is 0.471. The summed E-state index contributed by atoms with van der Waals surface area (Å²) in [6.07, 6.45) is 7.63. The number of carbonyl (C=O) groups is 2. The van der Waals surface area contributed by atoms with Crippen molar-refractivity contribution in [2.45, 2.75) is 77.7 Å². The Kier molecular flexibility index (Phi) is 9.53. The number of piperidine rings is 1. The fourth-order valence-corrected chi connectivity index (χ4v) is 5.80. The van der Waals surface area contributed by atoms with Crippen LogP contribution < -0.4 is 15.5 Å². The highest BCUT2D eigenvalue weighted by atomic mass is 16.6. The Hall–Kier alpha value is -4.78. The number of fused-ring (bicyclic) bond motifs is 1. The molecule has 13 heteroatoms. The van der Waals surface area contributed by atoms with E-state index < -0.39 is 5.60 Å². The molecule has 13 nitrogen and oxygen atoms in total. The molecule has 0 aliphatic carbocycles. The van der Waals surface area contributed by atoms with Crippen LogP contribution in [0.1, 0.15) is 76.4 Å². The minimum atomic E-state index is -0.526. The first kappa shape index (κ1) is 32.2. The molecule has 1 atom stereocenters. The molecular formula is C34H42N8O5. The van der Waals surface area contributed by atoms with Crippen LogP contribution in [0.2, 0.25) is 0 Å². The summed E-state index contributed by atoms with van der Waals surface area (Å²) in [5, 5.41) is 6.28. The lowest BCUT2D eigenvalue weighted by molar-refractivity contribution is -0.0298. The number of carbonyl (C=O) groups excluding carboxylic acids is 2. The molecule has 0 bridgehead atoms. The number of pyridine rings is 1. The monoisotopic (exact) mass is 642 g/mol. The number of ether oxygens (including phenoxy) is 3. The van der Waals surface area contributed by atoms with Crippen LogP contribution in [-0.4, -0.2) is 74.5 Å². The molecule has 1 aromatic carbocycles. The second-order valence-corrected chi connectivity index (χ2v) is 12.8. The highest BCUT2D eigenvalue weighted by Crippen LogP contribution is 2.32.